The highest BCUT2D eigenvalue weighted by Crippen LogP contribution is 2.26. The molecule has 0 aliphatic heterocycles. The molecule has 0 radical (unpaired) electrons. The van der Waals surface area contributed by atoms with Crippen LogP contribution in [0, 0.1) is 5.92 Å². The maximum absolute atomic E-state index is 12.1. The number of urea groups is 1. The molecular weight excluding hydrogens is 361 g/mol. The third kappa shape index (κ3) is 8.51. The summed E-state index contributed by atoms with van der Waals surface area (Å²) in [4.78, 5) is 11.8. The lowest BCUT2D eigenvalue weighted by atomic mass is 9.88. The summed E-state index contributed by atoms with van der Waals surface area (Å²) in [5, 5.41) is 5.43. The Bertz CT molecular complexity index is 579. The second-order valence-corrected chi connectivity index (χ2v) is 6.83. The van der Waals surface area contributed by atoms with Gasteiger partial charge in [0.1, 0.15) is 5.75 Å². The monoisotopic (exact) mass is 388 g/mol. The number of rotatable bonds is 8. The van der Waals surface area contributed by atoms with Crippen molar-refractivity contribution in [2.24, 2.45) is 5.92 Å². The smallest absolute Gasteiger partial charge is 0.422 e. The Kier molecular flexibility index (Phi) is 8.22. The summed E-state index contributed by atoms with van der Waals surface area (Å²) in [6, 6.07) is 5.80. The fourth-order valence-electron chi connectivity index (χ4n) is 3.02. The van der Waals surface area contributed by atoms with Gasteiger partial charge in [-0.05, 0) is 36.5 Å². The van der Waals surface area contributed by atoms with Crippen LogP contribution >= 0.6 is 0 Å². The number of ether oxygens (including phenoxy) is 2. The summed E-state index contributed by atoms with van der Waals surface area (Å²) in [7, 11) is 0. The Balaban J connectivity index is 1.59. The molecule has 2 N–H and O–H groups in total. The first-order valence-corrected chi connectivity index (χ1v) is 9.25. The van der Waals surface area contributed by atoms with Gasteiger partial charge in [-0.1, -0.05) is 31.9 Å². The number of hydrogen-bond acceptors (Lipinski definition) is 3. The van der Waals surface area contributed by atoms with Crippen molar-refractivity contribution in [1.82, 2.24) is 10.6 Å². The second-order valence-electron chi connectivity index (χ2n) is 6.83. The first-order chi connectivity index (χ1) is 12.8. The van der Waals surface area contributed by atoms with Crippen LogP contribution in [0.4, 0.5) is 18.0 Å². The molecule has 0 bridgehead atoms. The van der Waals surface area contributed by atoms with Crippen LogP contribution in [0.3, 0.4) is 0 Å². The SMILES string of the molecule is CC1CCCCC1OCCNC(=O)NCc1ccc(OCC(F)(F)F)cc1. The predicted octanol–water partition coefficient (Wildman–Crippen LogP) is 4.02. The first kappa shape index (κ1) is 21.3. The van der Waals surface area contributed by atoms with E-state index in [9.17, 15) is 18.0 Å². The second kappa shape index (κ2) is 10.4. The zero-order valence-electron chi connectivity index (χ0n) is 15.5. The van der Waals surface area contributed by atoms with E-state index in [0.29, 0.717) is 19.1 Å². The zero-order valence-corrected chi connectivity index (χ0v) is 15.5. The molecule has 0 spiro atoms. The maximum Gasteiger partial charge on any atom is 0.422 e. The number of alkyl halides is 3. The lowest BCUT2D eigenvalue weighted by Gasteiger charge is -2.28. The van der Waals surface area contributed by atoms with Crippen molar-refractivity contribution in [3.8, 4) is 5.75 Å². The first-order valence-electron chi connectivity index (χ1n) is 9.25. The van der Waals surface area contributed by atoms with Gasteiger partial charge in [0.15, 0.2) is 6.61 Å². The molecule has 2 rings (SSSR count). The van der Waals surface area contributed by atoms with Crippen molar-refractivity contribution in [3.05, 3.63) is 29.8 Å². The minimum Gasteiger partial charge on any atom is -0.484 e. The highest BCUT2D eigenvalue weighted by molar-refractivity contribution is 5.73. The van der Waals surface area contributed by atoms with E-state index < -0.39 is 12.8 Å². The molecule has 1 aromatic rings. The van der Waals surface area contributed by atoms with Crippen molar-refractivity contribution in [2.45, 2.75) is 51.4 Å². The topological polar surface area (TPSA) is 59.6 Å². The van der Waals surface area contributed by atoms with Gasteiger partial charge in [0, 0.05) is 13.1 Å². The van der Waals surface area contributed by atoms with Crippen molar-refractivity contribution < 1.29 is 27.4 Å². The molecule has 1 aromatic carbocycles. The van der Waals surface area contributed by atoms with E-state index in [0.717, 1.165) is 12.0 Å². The number of halogens is 3. The van der Waals surface area contributed by atoms with Gasteiger partial charge >= 0.3 is 12.2 Å². The molecule has 0 aromatic heterocycles. The summed E-state index contributed by atoms with van der Waals surface area (Å²) >= 11 is 0. The van der Waals surface area contributed by atoms with Crippen LogP contribution in [0.5, 0.6) is 5.75 Å². The van der Waals surface area contributed by atoms with Crippen LogP contribution in [-0.4, -0.2) is 38.1 Å². The van der Waals surface area contributed by atoms with E-state index in [4.69, 9.17) is 4.74 Å². The van der Waals surface area contributed by atoms with Gasteiger partial charge in [0.05, 0.1) is 12.7 Å². The molecule has 1 saturated carbocycles. The highest BCUT2D eigenvalue weighted by atomic mass is 19.4. The Morgan fingerprint density at radius 3 is 2.52 bits per heavy atom. The molecule has 2 amide bonds. The van der Waals surface area contributed by atoms with Crippen molar-refractivity contribution in [2.75, 3.05) is 19.8 Å². The van der Waals surface area contributed by atoms with Gasteiger partial charge in [-0.2, -0.15) is 13.2 Å². The highest BCUT2D eigenvalue weighted by Gasteiger charge is 2.28. The molecule has 5 nitrogen and oxygen atoms in total. The molecule has 0 saturated heterocycles. The fraction of sp³-hybridized carbons (Fsp3) is 0.632. The summed E-state index contributed by atoms with van der Waals surface area (Å²) in [6.07, 6.45) is 0.646. The molecule has 2 unspecified atom stereocenters. The van der Waals surface area contributed by atoms with Crippen molar-refractivity contribution in [3.63, 3.8) is 0 Å². The van der Waals surface area contributed by atoms with Crippen LogP contribution in [0.2, 0.25) is 0 Å². The molecule has 8 heteroatoms. The van der Waals surface area contributed by atoms with Crippen LogP contribution in [-0.2, 0) is 11.3 Å². The minimum absolute atomic E-state index is 0.134. The van der Waals surface area contributed by atoms with Crippen LogP contribution < -0.4 is 15.4 Å². The molecule has 152 valence electrons. The maximum atomic E-state index is 12.1. The molecular formula is C19H27F3N2O3. The Morgan fingerprint density at radius 1 is 1.15 bits per heavy atom. The number of benzene rings is 1. The van der Waals surface area contributed by atoms with E-state index in [-0.39, 0.29) is 24.4 Å². The zero-order chi connectivity index (χ0) is 19.7. The van der Waals surface area contributed by atoms with E-state index in [1.54, 1.807) is 12.1 Å². The Labute approximate surface area is 157 Å². The largest absolute Gasteiger partial charge is 0.484 e. The quantitative estimate of drug-likeness (QED) is 0.662. The number of carbonyl (C=O) groups is 1. The van der Waals surface area contributed by atoms with E-state index >= 15 is 0 Å². The van der Waals surface area contributed by atoms with E-state index in [2.05, 4.69) is 22.3 Å². The van der Waals surface area contributed by atoms with Gasteiger partial charge in [-0.3, -0.25) is 0 Å². The Morgan fingerprint density at radius 2 is 1.85 bits per heavy atom. The molecule has 1 fully saturated rings. The third-order valence-corrected chi connectivity index (χ3v) is 4.53. The summed E-state index contributed by atoms with van der Waals surface area (Å²) < 4.78 is 46.7. The molecule has 1 aliphatic rings. The van der Waals surface area contributed by atoms with Gasteiger partial charge < -0.3 is 20.1 Å². The van der Waals surface area contributed by atoms with E-state index in [1.807, 2.05) is 0 Å². The lowest BCUT2D eigenvalue weighted by Crippen LogP contribution is -2.38. The van der Waals surface area contributed by atoms with Crippen molar-refractivity contribution >= 4 is 6.03 Å². The number of carbonyl (C=O) groups excluding carboxylic acids is 1. The Hall–Kier alpha value is -1.96. The number of amides is 2. The van der Waals surface area contributed by atoms with Gasteiger partial charge in [-0.25, -0.2) is 4.79 Å². The number of hydrogen-bond donors (Lipinski definition) is 2. The fourth-order valence-corrected chi connectivity index (χ4v) is 3.02. The molecule has 2 atom stereocenters. The van der Waals surface area contributed by atoms with Gasteiger partial charge in [-0.15, -0.1) is 0 Å². The molecule has 0 heterocycles. The molecule has 1 aliphatic carbocycles. The predicted molar refractivity (Wildman–Crippen MR) is 95.6 cm³/mol. The average Bonchev–Trinajstić information content (AvgIpc) is 2.63. The molecule has 27 heavy (non-hydrogen) atoms. The van der Waals surface area contributed by atoms with Gasteiger partial charge in [0.2, 0.25) is 0 Å². The van der Waals surface area contributed by atoms with Crippen molar-refractivity contribution in [1.29, 1.82) is 0 Å². The summed E-state index contributed by atoms with van der Waals surface area (Å²) in [6.45, 7) is 2.05. The van der Waals surface area contributed by atoms with Crippen LogP contribution in [0.15, 0.2) is 24.3 Å². The third-order valence-electron chi connectivity index (χ3n) is 4.53. The summed E-state index contributed by atoms with van der Waals surface area (Å²) in [5.74, 6) is 0.699. The summed E-state index contributed by atoms with van der Waals surface area (Å²) in [5.41, 5.74) is 0.761. The standard InChI is InChI=1S/C19H27F3N2O3/c1-14-4-2-3-5-17(14)26-11-10-23-18(25)24-12-15-6-8-16(9-7-15)27-13-19(20,21)22/h6-9,14,17H,2-5,10-13H2,1H3,(H2,23,24,25). The van der Waals surface area contributed by atoms with Gasteiger partial charge in [0.25, 0.3) is 0 Å². The van der Waals surface area contributed by atoms with Crippen LogP contribution in [0.1, 0.15) is 38.2 Å². The number of nitrogens with one attached hydrogen (secondary N) is 2. The van der Waals surface area contributed by atoms with Crippen LogP contribution in [0.25, 0.3) is 0 Å². The average molecular weight is 388 g/mol. The minimum atomic E-state index is -4.36. The van der Waals surface area contributed by atoms with E-state index in [1.165, 1.54) is 31.4 Å². The lowest BCUT2D eigenvalue weighted by molar-refractivity contribution is -0.153. The normalized spacial score (nSPS) is 20.1.